The van der Waals surface area contributed by atoms with Crippen molar-refractivity contribution in [2.24, 2.45) is 0 Å². The number of rotatable bonds is 5. The van der Waals surface area contributed by atoms with Crippen LogP contribution in [0.25, 0.3) is 10.6 Å². The third-order valence-corrected chi connectivity index (χ3v) is 7.04. The van der Waals surface area contributed by atoms with Crippen molar-refractivity contribution in [3.05, 3.63) is 58.6 Å². The van der Waals surface area contributed by atoms with Gasteiger partial charge in [0, 0.05) is 0 Å². The number of anilines is 1. The molecule has 29 heavy (non-hydrogen) atoms. The number of phenolic OH excluding ortho intramolecular Hbond substituents is 1. The maximum atomic E-state index is 14.0. The predicted molar refractivity (Wildman–Crippen MR) is 106 cm³/mol. The standard InChI is InChI=1S/C19H16F2N2O4S2/c1-3-29(26,27)11-7-8-15(24)14(9-11)23-18(25)17-10(2)22-19(28-17)16-12(20)5-4-6-13(16)21/h4-9,24H,3H2,1-2H3,(H,23,25). The van der Waals surface area contributed by atoms with Gasteiger partial charge in [0.2, 0.25) is 0 Å². The van der Waals surface area contributed by atoms with Crippen molar-refractivity contribution >= 4 is 32.8 Å². The number of benzene rings is 2. The number of nitrogens with one attached hydrogen (secondary N) is 1. The molecular formula is C19H16F2N2O4S2. The molecule has 0 fully saturated rings. The minimum absolute atomic E-state index is 0.00483. The highest BCUT2D eigenvalue weighted by molar-refractivity contribution is 7.91. The maximum Gasteiger partial charge on any atom is 0.267 e. The van der Waals surface area contributed by atoms with Gasteiger partial charge in [0.25, 0.3) is 5.91 Å². The molecule has 0 aliphatic rings. The van der Waals surface area contributed by atoms with Gasteiger partial charge in [-0.15, -0.1) is 11.3 Å². The Morgan fingerprint density at radius 1 is 1.21 bits per heavy atom. The lowest BCUT2D eigenvalue weighted by atomic mass is 10.2. The van der Waals surface area contributed by atoms with Crippen LogP contribution in [0.4, 0.5) is 14.5 Å². The van der Waals surface area contributed by atoms with Crippen LogP contribution < -0.4 is 5.32 Å². The molecular weight excluding hydrogens is 422 g/mol. The maximum absolute atomic E-state index is 14.0. The normalized spacial score (nSPS) is 11.4. The molecule has 0 aliphatic carbocycles. The average molecular weight is 438 g/mol. The van der Waals surface area contributed by atoms with E-state index in [1.807, 2.05) is 0 Å². The number of carbonyl (C=O) groups excluding carboxylic acids is 1. The van der Waals surface area contributed by atoms with Crippen molar-refractivity contribution in [2.45, 2.75) is 18.7 Å². The minimum atomic E-state index is -3.54. The van der Waals surface area contributed by atoms with Gasteiger partial charge >= 0.3 is 0 Å². The molecule has 3 rings (SSSR count). The molecule has 1 aromatic heterocycles. The quantitative estimate of drug-likeness (QED) is 0.584. The number of halogens is 2. The Balaban J connectivity index is 1.95. The molecule has 0 spiro atoms. The fourth-order valence-electron chi connectivity index (χ4n) is 2.57. The van der Waals surface area contributed by atoms with Crippen molar-refractivity contribution in [3.63, 3.8) is 0 Å². The number of phenols is 1. The van der Waals surface area contributed by atoms with Crippen LogP contribution >= 0.6 is 11.3 Å². The summed E-state index contributed by atoms with van der Waals surface area (Å²) in [5.41, 5.74) is -0.198. The summed E-state index contributed by atoms with van der Waals surface area (Å²) in [6, 6.07) is 6.96. The van der Waals surface area contributed by atoms with Gasteiger partial charge in [-0.3, -0.25) is 4.79 Å². The smallest absolute Gasteiger partial charge is 0.267 e. The van der Waals surface area contributed by atoms with Gasteiger partial charge in [0.15, 0.2) is 9.84 Å². The molecule has 6 nitrogen and oxygen atoms in total. The van der Waals surface area contributed by atoms with E-state index in [9.17, 15) is 27.1 Å². The fourth-order valence-corrected chi connectivity index (χ4v) is 4.49. The highest BCUT2D eigenvalue weighted by Crippen LogP contribution is 2.33. The first-order valence-electron chi connectivity index (χ1n) is 8.43. The molecule has 0 radical (unpaired) electrons. The molecule has 152 valence electrons. The van der Waals surface area contributed by atoms with Gasteiger partial charge in [-0.05, 0) is 37.3 Å². The SMILES string of the molecule is CCS(=O)(=O)c1ccc(O)c(NC(=O)c2sc(-c3c(F)cccc3F)nc2C)c1. The van der Waals surface area contributed by atoms with Gasteiger partial charge in [-0.2, -0.15) is 0 Å². The summed E-state index contributed by atoms with van der Waals surface area (Å²) in [6.45, 7) is 2.98. The first-order valence-corrected chi connectivity index (χ1v) is 10.9. The number of aryl methyl sites for hydroxylation is 1. The van der Waals surface area contributed by atoms with E-state index in [1.54, 1.807) is 0 Å². The molecule has 0 bridgehead atoms. The van der Waals surface area contributed by atoms with Crippen molar-refractivity contribution in [2.75, 3.05) is 11.1 Å². The third-order valence-electron chi connectivity index (χ3n) is 4.13. The monoisotopic (exact) mass is 438 g/mol. The number of nitrogens with zero attached hydrogens (tertiary/aromatic N) is 1. The van der Waals surface area contributed by atoms with Crippen molar-refractivity contribution in [1.82, 2.24) is 4.98 Å². The third kappa shape index (κ3) is 4.13. The number of hydrogen-bond acceptors (Lipinski definition) is 6. The summed E-state index contributed by atoms with van der Waals surface area (Å²) < 4.78 is 52.1. The number of thiazole rings is 1. The number of aromatic nitrogens is 1. The first-order chi connectivity index (χ1) is 13.6. The summed E-state index contributed by atoms with van der Waals surface area (Å²) in [5.74, 6) is -2.77. The highest BCUT2D eigenvalue weighted by Gasteiger charge is 2.22. The van der Waals surface area contributed by atoms with E-state index in [0.717, 1.165) is 35.6 Å². The van der Waals surface area contributed by atoms with Crippen LogP contribution in [0.2, 0.25) is 0 Å². The van der Waals surface area contributed by atoms with E-state index in [4.69, 9.17) is 0 Å². The molecule has 0 aliphatic heterocycles. The lowest BCUT2D eigenvalue weighted by molar-refractivity contribution is 0.102. The van der Waals surface area contributed by atoms with Gasteiger partial charge < -0.3 is 10.4 Å². The zero-order chi connectivity index (χ0) is 21.3. The Hall–Kier alpha value is -2.85. The van der Waals surface area contributed by atoms with Crippen LogP contribution in [0.3, 0.4) is 0 Å². The summed E-state index contributed by atoms with van der Waals surface area (Å²) in [5, 5.41) is 12.4. The summed E-state index contributed by atoms with van der Waals surface area (Å²) in [6.07, 6.45) is 0. The molecule has 2 N–H and O–H groups in total. The molecule has 1 heterocycles. The van der Waals surface area contributed by atoms with Crippen LogP contribution in [0.1, 0.15) is 22.3 Å². The lowest BCUT2D eigenvalue weighted by Crippen LogP contribution is -2.12. The highest BCUT2D eigenvalue weighted by atomic mass is 32.2. The van der Waals surface area contributed by atoms with Crippen LogP contribution in [-0.4, -0.2) is 30.2 Å². The number of carbonyl (C=O) groups is 1. The average Bonchev–Trinajstić information content (AvgIpc) is 3.04. The Morgan fingerprint density at radius 3 is 2.48 bits per heavy atom. The van der Waals surface area contributed by atoms with E-state index in [1.165, 1.54) is 26.0 Å². The first kappa shape index (κ1) is 20.9. The van der Waals surface area contributed by atoms with Crippen LogP contribution in [0, 0.1) is 18.6 Å². The summed E-state index contributed by atoms with van der Waals surface area (Å²) in [7, 11) is -3.54. The molecule has 10 heteroatoms. The van der Waals surface area contributed by atoms with E-state index >= 15 is 0 Å². The van der Waals surface area contributed by atoms with Crippen molar-refractivity contribution < 1.29 is 27.1 Å². The Kier molecular flexibility index (Phi) is 5.67. The number of aromatic hydroxyl groups is 1. The Bertz CT molecular complexity index is 1190. The zero-order valence-electron chi connectivity index (χ0n) is 15.4. The second-order valence-corrected chi connectivity index (χ2v) is 9.34. The largest absolute Gasteiger partial charge is 0.506 e. The minimum Gasteiger partial charge on any atom is -0.506 e. The molecule has 0 unspecified atom stereocenters. The Labute approximate surface area is 169 Å². The van der Waals surface area contributed by atoms with E-state index in [0.29, 0.717) is 0 Å². The number of amides is 1. The van der Waals surface area contributed by atoms with Crippen LogP contribution in [-0.2, 0) is 9.84 Å². The van der Waals surface area contributed by atoms with Crippen molar-refractivity contribution in [3.8, 4) is 16.3 Å². The zero-order valence-corrected chi connectivity index (χ0v) is 17.0. The molecule has 0 saturated heterocycles. The van der Waals surface area contributed by atoms with Crippen molar-refractivity contribution in [1.29, 1.82) is 0 Å². The number of sulfone groups is 1. The van der Waals surface area contributed by atoms with Crippen LogP contribution in [0.5, 0.6) is 5.75 Å². The molecule has 0 saturated carbocycles. The van der Waals surface area contributed by atoms with Gasteiger partial charge in [-0.25, -0.2) is 22.2 Å². The van der Waals surface area contributed by atoms with E-state index in [-0.39, 0.29) is 43.2 Å². The summed E-state index contributed by atoms with van der Waals surface area (Å²) in [4.78, 5) is 16.7. The van der Waals surface area contributed by atoms with Gasteiger partial charge in [-0.1, -0.05) is 13.0 Å². The Morgan fingerprint density at radius 2 is 1.86 bits per heavy atom. The summed E-state index contributed by atoms with van der Waals surface area (Å²) >= 11 is 0.785. The van der Waals surface area contributed by atoms with E-state index < -0.39 is 27.4 Å². The second kappa shape index (κ2) is 7.88. The second-order valence-electron chi connectivity index (χ2n) is 6.07. The number of hydrogen-bond donors (Lipinski definition) is 2. The predicted octanol–water partition coefficient (Wildman–Crippen LogP) is 4.15. The molecule has 1 amide bonds. The van der Waals surface area contributed by atoms with E-state index in [2.05, 4.69) is 10.3 Å². The van der Waals surface area contributed by atoms with Gasteiger partial charge in [0.05, 0.1) is 27.6 Å². The molecule has 2 aromatic carbocycles. The molecule has 3 aromatic rings. The lowest BCUT2D eigenvalue weighted by Gasteiger charge is -2.09. The topological polar surface area (TPSA) is 96.4 Å². The van der Waals surface area contributed by atoms with Gasteiger partial charge in [0.1, 0.15) is 27.3 Å². The molecule has 0 atom stereocenters. The van der Waals surface area contributed by atoms with Crippen LogP contribution in [0.15, 0.2) is 41.3 Å². The fraction of sp³-hybridized carbons (Fsp3) is 0.158.